The van der Waals surface area contributed by atoms with Gasteiger partial charge < -0.3 is 18.9 Å². The van der Waals surface area contributed by atoms with E-state index in [1.54, 1.807) is 23.5 Å². The van der Waals surface area contributed by atoms with E-state index in [-0.39, 0.29) is 17.9 Å². The van der Waals surface area contributed by atoms with Crippen molar-refractivity contribution in [3.63, 3.8) is 0 Å². The highest BCUT2D eigenvalue weighted by molar-refractivity contribution is 7.22. The number of hydrogen-bond acceptors (Lipinski definition) is 10. The second kappa shape index (κ2) is 25.4. The molecule has 2 fully saturated rings. The molecule has 0 radical (unpaired) electrons. The second-order valence-corrected chi connectivity index (χ2v) is 18.3. The fourth-order valence-corrected chi connectivity index (χ4v) is 9.74. The summed E-state index contributed by atoms with van der Waals surface area (Å²) in [6.45, 7) is 10.4. The molecule has 2 aliphatic carbocycles. The van der Waals surface area contributed by atoms with Gasteiger partial charge in [0.25, 0.3) is 0 Å². The number of carbonyl (C=O) groups is 2. The second-order valence-electron chi connectivity index (χ2n) is 17.3. The Labute approximate surface area is 374 Å². The Morgan fingerprint density at radius 1 is 0.790 bits per heavy atom. The number of thiazole rings is 1. The number of aromatic nitrogens is 1. The fraction of sp³-hybridized carbons (Fsp3) is 0.538. The van der Waals surface area contributed by atoms with Crippen LogP contribution < -0.4 is 19.2 Å². The SMILES string of the molecule is C=CC(=O)OCCCCCCOc1ccc(OC(=O)C2CCC(COc3ccc(C4CCC(CCC)CC4)cc3/C=N/N(CCCCCC)c3nc4ccccc4s3)CC2)cc1. The van der Waals surface area contributed by atoms with Crippen LogP contribution in [0.15, 0.2) is 84.5 Å². The third kappa shape index (κ3) is 14.7. The maximum absolute atomic E-state index is 13.2. The summed E-state index contributed by atoms with van der Waals surface area (Å²) >= 11 is 1.70. The number of benzene rings is 3. The number of ether oxygens (including phenoxy) is 4. The summed E-state index contributed by atoms with van der Waals surface area (Å²) in [5.41, 5.74) is 3.42. The summed E-state index contributed by atoms with van der Waals surface area (Å²) in [7, 11) is 0. The number of esters is 2. The van der Waals surface area contributed by atoms with Crippen molar-refractivity contribution in [1.82, 2.24) is 4.98 Å². The molecule has 334 valence electrons. The molecule has 0 spiro atoms. The van der Waals surface area contributed by atoms with Crippen molar-refractivity contribution in [1.29, 1.82) is 0 Å². The third-order valence-electron chi connectivity index (χ3n) is 12.5. The average Bonchev–Trinajstić information content (AvgIpc) is 3.74. The van der Waals surface area contributed by atoms with Gasteiger partial charge >= 0.3 is 11.9 Å². The zero-order valence-electron chi connectivity index (χ0n) is 37.3. The van der Waals surface area contributed by atoms with Gasteiger partial charge in [-0.15, -0.1) is 0 Å². The molecule has 0 aliphatic heterocycles. The molecule has 4 aromatic rings. The first kappa shape index (κ1) is 46.8. The predicted molar refractivity (Wildman–Crippen MR) is 253 cm³/mol. The molecular formula is C52H69N3O6S. The van der Waals surface area contributed by atoms with E-state index in [1.165, 1.54) is 74.1 Å². The summed E-state index contributed by atoms with van der Waals surface area (Å²) in [6, 6.07) is 22.4. The van der Waals surface area contributed by atoms with Crippen molar-refractivity contribution in [2.45, 2.75) is 135 Å². The molecule has 0 bridgehead atoms. The van der Waals surface area contributed by atoms with Gasteiger partial charge in [0.2, 0.25) is 5.13 Å². The van der Waals surface area contributed by atoms with E-state index in [4.69, 9.17) is 29.0 Å². The fourth-order valence-electron chi connectivity index (χ4n) is 8.79. The van der Waals surface area contributed by atoms with Crippen LogP contribution in [0.3, 0.4) is 0 Å². The number of unbranched alkanes of at least 4 members (excludes halogenated alkanes) is 6. The lowest BCUT2D eigenvalue weighted by Crippen LogP contribution is -2.27. The number of fused-ring (bicyclic) bond motifs is 1. The van der Waals surface area contributed by atoms with E-state index >= 15 is 0 Å². The number of hydrazone groups is 1. The topological polar surface area (TPSA) is 99.5 Å². The molecule has 0 N–H and O–H groups in total. The van der Waals surface area contributed by atoms with Crippen LogP contribution in [0.5, 0.6) is 17.2 Å². The Balaban J connectivity index is 1.02. The molecule has 2 aliphatic rings. The Hall–Kier alpha value is -4.70. The van der Waals surface area contributed by atoms with Crippen LogP contribution in [0.1, 0.15) is 146 Å². The van der Waals surface area contributed by atoms with Crippen LogP contribution in [0.4, 0.5) is 5.13 Å². The first-order chi connectivity index (χ1) is 30.4. The van der Waals surface area contributed by atoms with Gasteiger partial charge in [0, 0.05) is 18.2 Å². The number of hydrogen-bond donors (Lipinski definition) is 0. The summed E-state index contributed by atoms with van der Waals surface area (Å²) in [6.07, 6.45) is 22.6. The number of nitrogens with zero attached hydrogens (tertiary/aromatic N) is 3. The van der Waals surface area contributed by atoms with Crippen LogP contribution in [-0.2, 0) is 14.3 Å². The first-order valence-electron chi connectivity index (χ1n) is 23.6. The molecule has 62 heavy (non-hydrogen) atoms. The maximum Gasteiger partial charge on any atom is 0.330 e. The molecule has 10 heteroatoms. The van der Waals surface area contributed by atoms with Gasteiger partial charge in [-0.1, -0.05) is 82.1 Å². The Morgan fingerprint density at radius 3 is 2.26 bits per heavy atom. The van der Waals surface area contributed by atoms with Crippen molar-refractivity contribution in [2.24, 2.45) is 22.9 Å². The van der Waals surface area contributed by atoms with Crippen LogP contribution >= 0.6 is 11.3 Å². The van der Waals surface area contributed by atoms with E-state index in [2.05, 4.69) is 61.8 Å². The molecule has 3 aromatic carbocycles. The number of rotatable bonds is 25. The maximum atomic E-state index is 13.2. The van der Waals surface area contributed by atoms with E-state index in [0.717, 1.165) is 98.0 Å². The van der Waals surface area contributed by atoms with Crippen molar-refractivity contribution in [3.05, 3.63) is 90.5 Å². The number of carbonyl (C=O) groups excluding carboxylic acids is 2. The van der Waals surface area contributed by atoms with Gasteiger partial charge in [-0.25, -0.2) is 14.8 Å². The van der Waals surface area contributed by atoms with Crippen molar-refractivity contribution in [2.75, 3.05) is 31.4 Å². The third-order valence-corrected chi connectivity index (χ3v) is 13.6. The van der Waals surface area contributed by atoms with E-state index < -0.39 is 0 Å². The van der Waals surface area contributed by atoms with Crippen LogP contribution in [0.2, 0.25) is 0 Å². The largest absolute Gasteiger partial charge is 0.494 e. The molecule has 9 nitrogen and oxygen atoms in total. The summed E-state index contributed by atoms with van der Waals surface area (Å²) in [4.78, 5) is 29.3. The van der Waals surface area contributed by atoms with Crippen LogP contribution in [-0.4, -0.2) is 49.5 Å². The Morgan fingerprint density at radius 2 is 1.52 bits per heavy atom. The Bertz CT molecular complexity index is 1960. The lowest BCUT2D eigenvalue weighted by molar-refractivity contribution is -0.140. The van der Waals surface area contributed by atoms with Gasteiger partial charge in [0.05, 0.1) is 42.2 Å². The van der Waals surface area contributed by atoms with Gasteiger partial charge in [-0.05, 0) is 155 Å². The number of para-hydroxylation sites is 1. The normalized spacial score (nSPS) is 19.0. The zero-order chi connectivity index (χ0) is 43.4. The monoisotopic (exact) mass is 863 g/mol. The number of anilines is 1. The highest BCUT2D eigenvalue weighted by Gasteiger charge is 2.29. The molecule has 6 rings (SSSR count). The predicted octanol–water partition coefficient (Wildman–Crippen LogP) is 13.3. The van der Waals surface area contributed by atoms with Crippen LogP contribution in [0.25, 0.3) is 10.2 Å². The zero-order valence-corrected chi connectivity index (χ0v) is 38.1. The van der Waals surface area contributed by atoms with Crippen molar-refractivity contribution < 1.29 is 28.5 Å². The van der Waals surface area contributed by atoms with Gasteiger partial charge in [-0.2, -0.15) is 5.10 Å². The van der Waals surface area contributed by atoms with Gasteiger partial charge in [0.1, 0.15) is 17.2 Å². The molecular weight excluding hydrogens is 795 g/mol. The van der Waals surface area contributed by atoms with E-state index in [9.17, 15) is 9.59 Å². The molecule has 0 saturated heterocycles. The van der Waals surface area contributed by atoms with Crippen molar-refractivity contribution >= 4 is 44.8 Å². The van der Waals surface area contributed by atoms with Gasteiger partial charge in [-0.3, -0.25) is 4.79 Å². The minimum atomic E-state index is -0.378. The summed E-state index contributed by atoms with van der Waals surface area (Å²) in [5, 5.41) is 8.16. The van der Waals surface area contributed by atoms with E-state index in [1.807, 2.05) is 24.4 Å². The first-order valence-corrected chi connectivity index (χ1v) is 24.4. The summed E-state index contributed by atoms with van der Waals surface area (Å²) < 4.78 is 24.5. The lowest BCUT2D eigenvalue weighted by atomic mass is 9.77. The molecule has 0 atom stereocenters. The molecule has 1 aromatic heterocycles. The van der Waals surface area contributed by atoms with Crippen molar-refractivity contribution in [3.8, 4) is 17.2 Å². The molecule has 0 amide bonds. The molecule has 1 heterocycles. The standard InChI is InChI=1S/C52H69N3O6S/c1-4-7-8-13-33-55(52-54-47-17-11-12-18-49(47)62-52)53-37-44-36-43(41-23-19-39(16-5-2)20-24-41)27-32-48(44)60-38-40-21-25-42(26-22-40)51(57)61-46-30-28-45(29-31-46)58-34-14-9-10-15-35-59-50(56)6-3/h6,11-12,17-18,27-32,36-37,39-42H,3-5,7-10,13-16,19-26,33-35,38H2,1-2H3/b53-37+. The summed E-state index contributed by atoms with van der Waals surface area (Å²) in [5.74, 6) is 3.27. The Kier molecular flexibility index (Phi) is 19.2. The average molecular weight is 864 g/mol. The highest BCUT2D eigenvalue weighted by Crippen LogP contribution is 2.39. The lowest BCUT2D eigenvalue weighted by Gasteiger charge is -2.29. The molecule has 0 unspecified atom stereocenters. The highest BCUT2D eigenvalue weighted by atomic mass is 32.1. The minimum absolute atomic E-state index is 0.123. The van der Waals surface area contributed by atoms with Crippen LogP contribution in [0, 0.1) is 17.8 Å². The quantitative estimate of drug-likeness (QED) is 0.0162. The minimum Gasteiger partial charge on any atom is -0.494 e. The smallest absolute Gasteiger partial charge is 0.330 e. The van der Waals surface area contributed by atoms with Gasteiger partial charge in [0.15, 0.2) is 0 Å². The van der Waals surface area contributed by atoms with E-state index in [0.29, 0.717) is 37.4 Å². The molecule has 2 saturated carbocycles.